The zero-order valence-electron chi connectivity index (χ0n) is 19.2. The molecule has 1 aliphatic rings. The Bertz CT molecular complexity index is 1150. The summed E-state index contributed by atoms with van der Waals surface area (Å²) in [5.74, 6) is 1.37. The molecule has 172 valence electrons. The number of fused-ring (bicyclic) bond motifs is 1. The van der Waals surface area contributed by atoms with E-state index in [1.54, 1.807) is 11.8 Å². The molecule has 0 unspecified atom stereocenters. The van der Waals surface area contributed by atoms with E-state index in [9.17, 15) is 4.79 Å². The molecule has 0 spiro atoms. The van der Waals surface area contributed by atoms with Gasteiger partial charge in [-0.1, -0.05) is 36.4 Å². The van der Waals surface area contributed by atoms with E-state index in [0.717, 1.165) is 12.0 Å². The summed E-state index contributed by atoms with van der Waals surface area (Å²) in [6.07, 6.45) is 2.00. The molecule has 3 aromatic rings. The molecular formula is C25H28N4O4. The van der Waals surface area contributed by atoms with Gasteiger partial charge in [-0.15, -0.1) is 0 Å². The van der Waals surface area contributed by atoms with E-state index in [0.29, 0.717) is 35.3 Å². The van der Waals surface area contributed by atoms with Crippen molar-refractivity contribution in [1.82, 2.24) is 14.8 Å². The Hall–Kier alpha value is -3.81. The number of hydrogen-bond acceptors (Lipinski definition) is 7. The third-order valence-electron chi connectivity index (χ3n) is 5.35. The lowest BCUT2D eigenvalue weighted by Gasteiger charge is -2.29. The van der Waals surface area contributed by atoms with Gasteiger partial charge in [0.05, 0.1) is 25.4 Å². The summed E-state index contributed by atoms with van der Waals surface area (Å²) in [6, 6.07) is 15.3. The van der Waals surface area contributed by atoms with Crippen LogP contribution in [0.2, 0.25) is 0 Å². The summed E-state index contributed by atoms with van der Waals surface area (Å²) in [6.45, 7) is 6.00. The Morgan fingerprint density at radius 2 is 1.94 bits per heavy atom. The molecule has 1 atom stereocenters. The predicted molar refractivity (Wildman–Crippen MR) is 124 cm³/mol. The fourth-order valence-electron chi connectivity index (χ4n) is 3.84. The average molecular weight is 449 g/mol. The van der Waals surface area contributed by atoms with Crippen molar-refractivity contribution in [2.24, 2.45) is 0 Å². The third-order valence-corrected chi connectivity index (χ3v) is 5.35. The third kappa shape index (κ3) is 4.84. The van der Waals surface area contributed by atoms with Gasteiger partial charge < -0.3 is 19.5 Å². The van der Waals surface area contributed by atoms with Gasteiger partial charge in [0.1, 0.15) is 12.4 Å². The van der Waals surface area contributed by atoms with Crippen LogP contribution in [0.3, 0.4) is 0 Å². The number of allylic oxidation sites excluding steroid dienone is 1. The molecule has 1 N–H and O–H groups in total. The molecule has 1 aliphatic heterocycles. The highest BCUT2D eigenvalue weighted by Gasteiger charge is 2.35. The van der Waals surface area contributed by atoms with E-state index < -0.39 is 12.0 Å². The van der Waals surface area contributed by atoms with Gasteiger partial charge in [0.2, 0.25) is 5.95 Å². The summed E-state index contributed by atoms with van der Waals surface area (Å²) in [5, 5.41) is 7.49. The second-order valence-corrected chi connectivity index (χ2v) is 8.04. The van der Waals surface area contributed by atoms with Crippen LogP contribution in [0.15, 0.2) is 66.1 Å². The Morgan fingerprint density at radius 1 is 1.15 bits per heavy atom. The second-order valence-electron chi connectivity index (χ2n) is 8.04. The van der Waals surface area contributed by atoms with Crippen LogP contribution in [0.5, 0.6) is 11.5 Å². The van der Waals surface area contributed by atoms with Crippen molar-refractivity contribution in [1.29, 1.82) is 0 Å². The van der Waals surface area contributed by atoms with Gasteiger partial charge >= 0.3 is 5.97 Å². The van der Waals surface area contributed by atoms with Gasteiger partial charge in [0.25, 0.3) is 0 Å². The second kappa shape index (κ2) is 9.77. The van der Waals surface area contributed by atoms with Crippen LogP contribution in [0.1, 0.15) is 37.9 Å². The maximum Gasteiger partial charge on any atom is 0.338 e. The normalized spacial score (nSPS) is 15.1. The molecule has 8 nitrogen and oxygen atoms in total. The smallest absolute Gasteiger partial charge is 0.338 e. The highest BCUT2D eigenvalue weighted by atomic mass is 16.5. The maximum atomic E-state index is 13.0. The van der Waals surface area contributed by atoms with Crippen LogP contribution < -0.4 is 14.8 Å². The first kappa shape index (κ1) is 22.4. The molecule has 2 aromatic carbocycles. The van der Waals surface area contributed by atoms with Crippen molar-refractivity contribution >= 4 is 11.9 Å². The maximum absolute atomic E-state index is 13.0. The van der Waals surface area contributed by atoms with E-state index in [4.69, 9.17) is 14.2 Å². The predicted octanol–water partition coefficient (Wildman–Crippen LogP) is 4.15. The Kier molecular flexibility index (Phi) is 6.63. The lowest BCUT2D eigenvalue weighted by Crippen LogP contribution is -2.30. The Morgan fingerprint density at radius 3 is 2.67 bits per heavy atom. The summed E-state index contributed by atoms with van der Waals surface area (Å²) in [4.78, 5) is 17.3. The van der Waals surface area contributed by atoms with Crippen molar-refractivity contribution in [3.63, 3.8) is 0 Å². The van der Waals surface area contributed by atoms with E-state index in [-0.39, 0.29) is 6.10 Å². The first-order chi connectivity index (χ1) is 16.0. The number of rotatable bonds is 8. The van der Waals surface area contributed by atoms with Gasteiger partial charge in [-0.05, 0) is 44.0 Å². The minimum atomic E-state index is -0.512. The van der Waals surface area contributed by atoms with E-state index in [1.807, 2.05) is 57.2 Å². The van der Waals surface area contributed by atoms with Crippen molar-refractivity contribution < 1.29 is 19.0 Å². The fourth-order valence-corrected chi connectivity index (χ4v) is 3.84. The van der Waals surface area contributed by atoms with Gasteiger partial charge in [-0.25, -0.2) is 9.48 Å². The van der Waals surface area contributed by atoms with Gasteiger partial charge in [-0.2, -0.15) is 10.1 Å². The minimum Gasteiger partial charge on any atom is -0.493 e. The molecule has 1 aromatic heterocycles. The van der Waals surface area contributed by atoms with Gasteiger partial charge in [-0.3, -0.25) is 0 Å². The molecular weight excluding hydrogens is 420 g/mol. The van der Waals surface area contributed by atoms with Gasteiger partial charge in [0.15, 0.2) is 11.5 Å². The van der Waals surface area contributed by atoms with Crippen LogP contribution in [-0.2, 0) is 16.0 Å². The van der Waals surface area contributed by atoms with E-state index in [2.05, 4.69) is 27.5 Å². The summed E-state index contributed by atoms with van der Waals surface area (Å²) < 4.78 is 18.8. The molecule has 0 radical (unpaired) electrons. The zero-order chi connectivity index (χ0) is 23.4. The molecule has 2 heterocycles. The molecule has 0 amide bonds. The number of hydrogen-bond donors (Lipinski definition) is 1. The number of methoxy groups -OCH3 is 1. The number of carbonyl (C=O) groups is 1. The van der Waals surface area contributed by atoms with E-state index >= 15 is 0 Å². The van der Waals surface area contributed by atoms with Crippen molar-refractivity contribution in [2.75, 3.05) is 19.0 Å². The average Bonchev–Trinajstić information content (AvgIpc) is 3.26. The zero-order valence-corrected chi connectivity index (χ0v) is 19.2. The number of esters is 1. The minimum absolute atomic E-state index is 0.245. The van der Waals surface area contributed by atoms with Crippen LogP contribution in [0.4, 0.5) is 5.95 Å². The summed E-state index contributed by atoms with van der Waals surface area (Å²) in [7, 11) is 1.60. The van der Waals surface area contributed by atoms with Crippen LogP contribution in [-0.4, -0.2) is 40.6 Å². The van der Waals surface area contributed by atoms with Crippen LogP contribution in [0, 0.1) is 0 Å². The molecule has 0 bridgehead atoms. The first-order valence-electron chi connectivity index (χ1n) is 10.9. The highest BCUT2D eigenvalue weighted by Crippen LogP contribution is 2.39. The number of nitrogens with one attached hydrogen (secondary N) is 1. The molecule has 8 heteroatoms. The van der Waals surface area contributed by atoms with Gasteiger partial charge in [0, 0.05) is 12.1 Å². The number of carbonyl (C=O) groups excluding carboxylic acids is 1. The van der Waals surface area contributed by atoms with E-state index in [1.165, 1.54) is 11.9 Å². The SMILES string of the molecule is COc1cc([C@@H]2C(C(=O)OC(C)C)=C(C)Nc3ncnn32)ccc1OCCc1ccccc1. The number of anilines is 1. The van der Waals surface area contributed by atoms with Crippen LogP contribution >= 0.6 is 0 Å². The van der Waals surface area contributed by atoms with Crippen molar-refractivity contribution in [3.05, 3.63) is 77.3 Å². The molecule has 0 fully saturated rings. The standard InChI is InChI=1S/C25H28N4O4/c1-16(2)33-24(30)22-17(3)28-25-26-15-27-29(25)23(22)19-10-11-20(21(14-19)31-4)32-13-12-18-8-6-5-7-9-18/h5-11,14-16,23H,12-13H2,1-4H3,(H,26,27,28)/t23-/m1/s1. The lowest BCUT2D eigenvalue weighted by molar-refractivity contribution is -0.143. The Labute approximate surface area is 193 Å². The first-order valence-corrected chi connectivity index (χ1v) is 10.9. The number of aromatic nitrogens is 3. The topological polar surface area (TPSA) is 87.5 Å². The molecule has 0 saturated carbocycles. The van der Waals surface area contributed by atoms with Crippen molar-refractivity contribution in [3.8, 4) is 11.5 Å². The molecule has 0 saturated heterocycles. The van der Waals surface area contributed by atoms with Crippen molar-refractivity contribution in [2.45, 2.75) is 39.3 Å². The van der Waals surface area contributed by atoms with Crippen LogP contribution in [0.25, 0.3) is 0 Å². The number of ether oxygens (including phenoxy) is 3. The number of nitrogens with zero attached hydrogens (tertiary/aromatic N) is 3. The fraction of sp³-hybridized carbons (Fsp3) is 0.320. The molecule has 33 heavy (non-hydrogen) atoms. The molecule has 0 aliphatic carbocycles. The molecule has 4 rings (SSSR count). The summed E-state index contributed by atoms with van der Waals surface area (Å²) in [5.41, 5.74) is 3.16. The monoisotopic (exact) mass is 448 g/mol. The lowest BCUT2D eigenvalue weighted by atomic mass is 9.95. The summed E-state index contributed by atoms with van der Waals surface area (Å²) >= 11 is 0. The highest BCUT2D eigenvalue weighted by molar-refractivity contribution is 5.92. The largest absolute Gasteiger partial charge is 0.493 e. The quantitative estimate of drug-likeness (QED) is 0.518. The Balaban J connectivity index is 1.63. The number of benzene rings is 2.